The van der Waals surface area contributed by atoms with Gasteiger partial charge in [0.2, 0.25) is 0 Å². The zero-order valence-corrected chi connectivity index (χ0v) is 22.7. The number of hydrogen-bond acceptors (Lipinski definition) is 0. The summed E-state index contributed by atoms with van der Waals surface area (Å²) in [5, 5.41) is 0. The summed E-state index contributed by atoms with van der Waals surface area (Å²) >= 11 is 0. The molecule has 0 aliphatic heterocycles. The fraction of sp³-hybridized carbons (Fsp3) is 0.800. The molecule has 1 aliphatic rings. The maximum Gasteiger partial charge on any atom is -0.00986 e. The predicted octanol–water partition coefficient (Wildman–Crippen LogP) is 9.98. The monoisotopic (exact) mass is 414 g/mol. The molecule has 0 aromatic heterocycles. The minimum Gasteiger partial charge on any atom is -0.0625 e. The third kappa shape index (κ3) is 10.0. The Kier molecular flexibility index (Phi) is 9.29. The lowest BCUT2D eigenvalue weighted by atomic mass is 9.63. The molecule has 0 atom stereocenters. The van der Waals surface area contributed by atoms with E-state index in [1.807, 2.05) is 0 Å². The van der Waals surface area contributed by atoms with Gasteiger partial charge in [0.15, 0.2) is 0 Å². The highest BCUT2D eigenvalue weighted by atomic mass is 14.4. The third-order valence-electron chi connectivity index (χ3n) is 6.91. The van der Waals surface area contributed by atoms with Crippen molar-refractivity contribution < 1.29 is 0 Å². The lowest BCUT2D eigenvalue weighted by Gasteiger charge is -2.42. The van der Waals surface area contributed by atoms with Gasteiger partial charge >= 0.3 is 0 Å². The molecule has 174 valence electrons. The quantitative estimate of drug-likeness (QED) is 0.459. The molecule has 0 spiro atoms. The molecule has 0 unspecified atom stereocenters. The first-order valence-corrected chi connectivity index (χ1v) is 12.5. The maximum absolute atomic E-state index is 2.49. The van der Waals surface area contributed by atoms with E-state index in [2.05, 4.69) is 107 Å². The van der Waals surface area contributed by atoms with E-state index in [1.54, 1.807) is 0 Å². The molecule has 1 aliphatic carbocycles. The van der Waals surface area contributed by atoms with E-state index in [0.29, 0.717) is 16.2 Å². The molecule has 1 saturated carbocycles. The van der Waals surface area contributed by atoms with E-state index in [0.717, 1.165) is 11.8 Å². The first-order valence-electron chi connectivity index (χ1n) is 12.5. The fourth-order valence-electron chi connectivity index (χ4n) is 5.99. The van der Waals surface area contributed by atoms with Crippen molar-refractivity contribution in [2.45, 2.75) is 127 Å². The first kappa shape index (κ1) is 27.3. The van der Waals surface area contributed by atoms with E-state index in [1.165, 1.54) is 49.7 Å². The van der Waals surface area contributed by atoms with Gasteiger partial charge in [0, 0.05) is 0 Å². The van der Waals surface area contributed by atoms with Gasteiger partial charge in [-0.2, -0.15) is 0 Å². The molecule has 0 amide bonds. The summed E-state index contributed by atoms with van der Waals surface area (Å²) in [6.45, 7) is 28.2. The third-order valence-corrected chi connectivity index (χ3v) is 6.91. The van der Waals surface area contributed by atoms with Crippen LogP contribution in [0.25, 0.3) is 0 Å². The average molecular weight is 415 g/mol. The zero-order chi connectivity index (χ0) is 23.4. The lowest BCUT2D eigenvalue weighted by molar-refractivity contribution is 0.0878. The maximum atomic E-state index is 2.49. The summed E-state index contributed by atoms with van der Waals surface area (Å²) < 4.78 is 0. The van der Waals surface area contributed by atoms with Crippen LogP contribution in [0.1, 0.15) is 126 Å². The van der Waals surface area contributed by atoms with Crippen LogP contribution in [0.3, 0.4) is 0 Å². The summed E-state index contributed by atoms with van der Waals surface area (Å²) in [7, 11) is 0. The second kappa shape index (κ2) is 10.2. The van der Waals surface area contributed by atoms with Crippen LogP contribution >= 0.6 is 0 Å². The smallest absolute Gasteiger partial charge is 0.00986 e. The van der Waals surface area contributed by atoms with Crippen molar-refractivity contribution in [2.24, 2.45) is 28.1 Å². The van der Waals surface area contributed by atoms with Crippen molar-refractivity contribution in [3.8, 4) is 0 Å². The largest absolute Gasteiger partial charge is 0.0625 e. The standard InChI is InChI=1S/C15H30.C15H24/c2*1-12-7-9-13(10-8-12)15(5,6)11-14(2,3)4/h12-13H,7-11H2,1-6H3;7-10H,11H2,1-6H3. The predicted molar refractivity (Wildman–Crippen MR) is 137 cm³/mol. The van der Waals surface area contributed by atoms with Crippen LogP contribution in [0.5, 0.6) is 0 Å². The van der Waals surface area contributed by atoms with Crippen molar-refractivity contribution in [3.63, 3.8) is 0 Å². The Morgan fingerprint density at radius 1 is 0.667 bits per heavy atom. The second-order valence-corrected chi connectivity index (χ2v) is 14.2. The molecule has 0 radical (unpaired) electrons. The van der Waals surface area contributed by atoms with Crippen LogP contribution in [0.4, 0.5) is 0 Å². The van der Waals surface area contributed by atoms with Crippen LogP contribution in [-0.2, 0) is 5.41 Å². The van der Waals surface area contributed by atoms with Gasteiger partial charge in [0.25, 0.3) is 0 Å². The number of aryl methyl sites for hydroxylation is 1. The summed E-state index contributed by atoms with van der Waals surface area (Å²) in [6, 6.07) is 8.95. The molecule has 0 N–H and O–H groups in total. The van der Waals surface area contributed by atoms with Gasteiger partial charge < -0.3 is 0 Å². The molecule has 0 heterocycles. The Morgan fingerprint density at radius 3 is 1.50 bits per heavy atom. The van der Waals surface area contributed by atoms with Gasteiger partial charge in [-0.25, -0.2) is 0 Å². The molecule has 0 saturated heterocycles. The summed E-state index contributed by atoms with van der Waals surface area (Å²) in [4.78, 5) is 0. The Morgan fingerprint density at radius 2 is 1.10 bits per heavy atom. The molecule has 30 heavy (non-hydrogen) atoms. The van der Waals surface area contributed by atoms with Gasteiger partial charge in [0.05, 0.1) is 0 Å². The SMILES string of the molecule is CC1CCC(C(C)(C)CC(C)(C)C)CC1.Cc1ccc(C(C)(C)CC(C)(C)C)cc1. The summed E-state index contributed by atoms with van der Waals surface area (Å²) in [5.74, 6) is 1.94. The fourth-order valence-corrected chi connectivity index (χ4v) is 5.99. The number of benzene rings is 1. The zero-order valence-electron chi connectivity index (χ0n) is 22.7. The van der Waals surface area contributed by atoms with Crippen molar-refractivity contribution in [2.75, 3.05) is 0 Å². The van der Waals surface area contributed by atoms with E-state index >= 15 is 0 Å². The summed E-state index contributed by atoms with van der Waals surface area (Å²) in [6.07, 6.45) is 8.41. The Labute approximate surface area is 190 Å². The topological polar surface area (TPSA) is 0 Å². The number of hydrogen-bond donors (Lipinski definition) is 0. The highest BCUT2D eigenvalue weighted by molar-refractivity contribution is 5.27. The van der Waals surface area contributed by atoms with Crippen molar-refractivity contribution >= 4 is 0 Å². The Hall–Kier alpha value is -0.780. The van der Waals surface area contributed by atoms with Gasteiger partial charge in [-0.15, -0.1) is 0 Å². The van der Waals surface area contributed by atoms with Crippen LogP contribution in [0, 0.1) is 35.0 Å². The minimum absolute atomic E-state index is 0.270. The Bertz CT molecular complexity index is 607. The Balaban J connectivity index is 0.000000300. The highest BCUT2D eigenvalue weighted by Crippen LogP contribution is 2.46. The second-order valence-electron chi connectivity index (χ2n) is 14.2. The van der Waals surface area contributed by atoms with Crippen LogP contribution in [-0.4, -0.2) is 0 Å². The summed E-state index contributed by atoms with van der Waals surface area (Å²) in [5.41, 5.74) is 4.46. The first-order chi connectivity index (χ1) is 13.4. The van der Waals surface area contributed by atoms with Gasteiger partial charge in [-0.3, -0.25) is 0 Å². The molecular formula is C30H54. The van der Waals surface area contributed by atoms with E-state index in [-0.39, 0.29) is 5.41 Å². The molecular weight excluding hydrogens is 360 g/mol. The van der Waals surface area contributed by atoms with Gasteiger partial charge in [0.1, 0.15) is 0 Å². The van der Waals surface area contributed by atoms with Crippen molar-refractivity contribution in [1.82, 2.24) is 0 Å². The minimum atomic E-state index is 0.270. The molecule has 0 nitrogen and oxygen atoms in total. The molecule has 1 aromatic rings. The molecule has 1 fully saturated rings. The normalized spacial score (nSPS) is 21.1. The molecule has 2 rings (SSSR count). The highest BCUT2D eigenvalue weighted by Gasteiger charge is 2.35. The van der Waals surface area contributed by atoms with Gasteiger partial charge in [-0.1, -0.05) is 119 Å². The molecule has 0 heteroatoms. The van der Waals surface area contributed by atoms with Gasteiger partial charge in [-0.05, 0) is 71.7 Å². The van der Waals surface area contributed by atoms with E-state index in [9.17, 15) is 0 Å². The average Bonchev–Trinajstić information content (AvgIpc) is 2.52. The lowest BCUT2D eigenvalue weighted by Crippen LogP contribution is -2.31. The van der Waals surface area contributed by atoms with E-state index in [4.69, 9.17) is 0 Å². The van der Waals surface area contributed by atoms with E-state index < -0.39 is 0 Å². The number of rotatable bonds is 4. The van der Waals surface area contributed by atoms with Crippen LogP contribution in [0.2, 0.25) is 0 Å². The van der Waals surface area contributed by atoms with Crippen molar-refractivity contribution in [1.29, 1.82) is 0 Å². The van der Waals surface area contributed by atoms with Crippen LogP contribution in [0.15, 0.2) is 24.3 Å². The van der Waals surface area contributed by atoms with Crippen LogP contribution < -0.4 is 0 Å². The molecule has 0 bridgehead atoms. The molecule has 1 aromatic carbocycles. The van der Waals surface area contributed by atoms with Crippen molar-refractivity contribution in [3.05, 3.63) is 35.4 Å².